The molecule has 0 saturated carbocycles. The van der Waals surface area contributed by atoms with Gasteiger partial charge >= 0.3 is 0 Å². The summed E-state index contributed by atoms with van der Waals surface area (Å²) in [6, 6.07) is 18.5. The molecule has 6 nitrogen and oxygen atoms in total. The van der Waals surface area contributed by atoms with E-state index in [1.165, 1.54) is 0 Å². The summed E-state index contributed by atoms with van der Waals surface area (Å²) in [7, 11) is 6.25. The molecule has 0 radical (unpaired) electrons. The fourth-order valence-corrected chi connectivity index (χ4v) is 5.68. The zero-order chi connectivity index (χ0) is 25.8. The van der Waals surface area contributed by atoms with E-state index in [1.807, 2.05) is 62.4 Å². The molecular formula is C30H30O6. The lowest BCUT2D eigenvalue weighted by atomic mass is 9.70. The van der Waals surface area contributed by atoms with Crippen molar-refractivity contribution in [2.24, 2.45) is 0 Å². The smallest absolute Gasteiger partial charge is 0.156 e. The van der Waals surface area contributed by atoms with E-state index in [-0.39, 0.29) is 0 Å². The largest absolute Gasteiger partial charge is 0.496 e. The normalized spacial score (nSPS) is 20.4. The molecule has 4 aromatic carbocycles. The van der Waals surface area contributed by atoms with Crippen LogP contribution in [0.25, 0.3) is 10.8 Å². The Morgan fingerprint density at radius 2 is 0.917 bits per heavy atom. The van der Waals surface area contributed by atoms with Crippen LogP contribution in [0.2, 0.25) is 0 Å². The predicted molar refractivity (Wildman–Crippen MR) is 139 cm³/mol. The van der Waals surface area contributed by atoms with Crippen molar-refractivity contribution in [1.82, 2.24) is 0 Å². The highest BCUT2D eigenvalue weighted by Gasteiger charge is 2.62. The fourth-order valence-electron chi connectivity index (χ4n) is 5.68. The fraction of sp³-hybridized carbons (Fsp3) is 0.267. The molecule has 0 heterocycles. The monoisotopic (exact) mass is 486 g/mol. The summed E-state index contributed by atoms with van der Waals surface area (Å²) < 4.78 is 22.8. The van der Waals surface area contributed by atoms with Gasteiger partial charge in [-0.25, -0.2) is 0 Å². The highest BCUT2D eigenvalue weighted by atomic mass is 16.5. The molecule has 1 aliphatic carbocycles. The molecule has 0 fully saturated rings. The third-order valence-corrected chi connectivity index (χ3v) is 7.42. The van der Waals surface area contributed by atoms with Gasteiger partial charge in [-0.2, -0.15) is 0 Å². The lowest BCUT2D eigenvalue weighted by molar-refractivity contribution is -0.107. The molecule has 4 aromatic rings. The average molecular weight is 487 g/mol. The molecular weight excluding hydrogens is 456 g/mol. The first-order valence-electron chi connectivity index (χ1n) is 11.7. The minimum atomic E-state index is -1.96. The molecule has 6 heteroatoms. The Hall–Kier alpha value is -3.74. The highest BCUT2D eigenvalue weighted by molar-refractivity contribution is 5.95. The van der Waals surface area contributed by atoms with Gasteiger partial charge in [0, 0.05) is 22.3 Å². The lowest BCUT2D eigenvalue weighted by Gasteiger charge is -2.42. The van der Waals surface area contributed by atoms with Crippen LogP contribution in [-0.2, 0) is 11.2 Å². The van der Waals surface area contributed by atoms with Crippen LogP contribution < -0.4 is 18.9 Å². The van der Waals surface area contributed by atoms with Crippen LogP contribution in [0.5, 0.6) is 23.0 Å². The number of hydrogen-bond donors (Lipinski definition) is 2. The SMILES string of the molecule is COc1cc(C2(O)c3cccc4cccc(c34)C2(O)c2cc(OC)c(C)cc2OC)c(OC)cc1C. The van der Waals surface area contributed by atoms with Gasteiger partial charge in [0.05, 0.1) is 28.4 Å². The van der Waals surface area contributed by atoms with Crippen molar-refractivity contribution >= 4 is 10.8 Å². The van der Waals surface area contributed by atoms with E-state index in [9.17, 15) is 10.2 Å². The van der Waals surface area contributed by atoms with Crippen molar-refractivity contribution in [2.45, 2.75) is 25.0 Å². The third-order valence-electron chi connectivity index (χ3n) is 7.42. The van der Waals surface area contributed by atoms with Gasteiger partial charge in [-0.05, 0) is 60.0 Å². The van der Waals surface area contributed by atoms with Gasteiger partial charge in [0.25, 0.3) is 0 Å². The standard InChI is InChI=1S/C30H30O6/c1-17-13-26(35-5)22(15-24(17)33-3)29(31)20-11-7-9-19-10-8-12-21(28(19)20)30(29,32)23-16-25(34-4)18(2)14-27(23)36-6/h7-16,31-32H,1-6H3. The average Bonchev–Trinajstić information content (AvgIpc) is 3.10. The van der Waals surface area contributed by atoms with E-state index >= 15 is 0 Å². The quantitative estimate of drug-likeness (QED) is 0.401. The van der Waals surface area contributed by atoms with Gasteiger partial charge in [0.1, 0.15) is 23.0 Å². The molecule has 0 saturated heterocycles. The molecule has 0 aromatic heterocycles. The first-order valence-corrected chi connectivity index (χ1v) is 11.7. The molecule has 0 amide bonds. The minimum absolute atomic E-state index is 0.375. The molecule has 2 N–H and O–H groups in total. The zero-order valence-corrected chi connectivity index (χ0v) is 21.3. The number of ether oxygens (including phenoxy) is 4. The second-order valence-electron chi connectivity index (χ2n) is 9.17. The van der Waals surface area contributed by atoms with Crippen LogP contribution in [0.1, 0.15) is 33.4 Å². The topological polar surface area (TPSA) is 77.4 Å². The van der Waals surface area contributed by atoms with Gasteiger partial charge in [0.15, 0.2) is 11.2 Å². The Morgan fingerprint density at radius 1 is 0.528 bits per heavy atom. The second kappa shape index (κ2) is 8.43. The Bertz CT molecular complexity index is 1380. The van der Waals surface area contributed by atoms with E-state index in [0.717, 1.165) is 21.9 Å². The van der Waals surface area contributed by atoms with Gasteiger partial charge in [-0.15, -0.1) is 0 Å². The van der Waals surface area contributed by atoms with Crippen molar-refractivity contribution in [3.05, 3.63) is 94.0 Å². The number of rotatable bonds is 6. The van der Waals surface area contributed by atoms with Gasteiger partial charge in [0.2, 0.25) is 0 Å². The lowest BCUT2D eigenvalue weighted by Crippen LogP contribution is -2.48. The molecule has 2 unspecified atom stereocenters. The second-order valence-corrected chi connectivity index (χ2v) is 9.17. The zero-order valence-electron chi connectivity index (χ0n) is 21.3. The summed E-state index contributed by atoms with van der Waals surface area (Å²) in [5.41, 5.74) is -0.373. The third kappa shape index (κ3) is 2.98. The summed E-state index contributed by atoms with van der Waals surface area (Å²) in [5, 5.41) is 27.6. The maximum absolute atomic E-state index is 13.0. The van der Waals surface area contributed by atoms with E-state index in [2.05, 4.69) is 0 Å². The molecule has 0 spiro atoms. The van der Waals surface area contributed by atoms with E-state index < -0.39 is 11.2 Å². The van der Waals surface area contributed by atoms with E-state index in [1.54, 1.807) is 40.6 Å². The van der Waals surface area contributed by atoms with Crippen molar-refractivity contribution in [3.63, 3.8) is 0 Å². The van der Waals surface area contributed by atoms with Crippen LogP contribution in [0.3, 0.4) is 0 Å². The van der Waals surface area contributed by atoms with Crippen LogP contribution >= 0.6 is 0 Å². The molecule has 186 valence electrons. The molecule has 36 heavy (non-hydrogen) atoms. The van der Waals surface area contributed by atoms with Gasteiger partial charge < -0.3 is 29.2 Å². The molecule has 5 rings (SSSR count). The number of aliphatic hydroxyl groups is 2. The predicted octanol–water partition coefficient (Wildman–Crippen LogP) is 4.98. The van der Waals surface area contributed by atoms with Crippen molar-refractivity contribution < 1.29 is 29.2 Å². The Kier molecular flexibility index (Phi) is 5.62. The van der Waals surface area contributed by atoms with E-state index in [4.69, 9.17) is 18.9 Å². The number of hydrogen-bond acceptors (Lipinski definition) is 6. The molecule has 1 aliphatic rings. The minimum Gasteiger partial charge on any atom is -0.496 e. The number of benzene rings is 4. The summed E-state index contributed by atoms with van der Waals surface area (Å²) in [4.78, 5) is 0. The number of aryl methyl sites for hydroxylation is 2. The van der Waals surface area contributed by atoms with E-state index in [0.29, 0.717) is 45.3 Å². The first-order chi connectivity index (χ1) is 17.3. The number of methoxy groups -OCH3 is 4. The molecule has 0 bridgehead atoms. The molecule has 0 aliphatic heterocycles. The Morgan fingerprint density at radius 3 is 1.28 bits per heavy atom. The summed E-state index contributed by atoms with van der Waals surface area (Å²) in [5.74, 6) is 1.99. The van der Waals surface area contributed by atoms with Crippen molar-refractivity contribution in [2.75, 3.05) is 28.4 Å². The first kappa shape index (κ1) is 24.0. The maximum Gasteiger partial charge on any atom is 0.156 e. The maximum atomic E-state index is 13.0. The summed E-state index contributed by atoms with van der Waals surface area (Å²) in [6.07, 6.45) is 0. The Labute approximate surface area is 210 Å². The van der Waals surface area contributed by atoms with Crippen LogP contribution in [0, 0.1) is 13.8 Å². The van der Waals surface area contributed by atoms with Crippen LogP contribution in [-0.4, -0.2) is 38.7 Å². The van der Waals surface area contributed by atoms with Crippen molar-refractivity contribution in [1.29, 1.82) is 0 Å². The highest BCUT2D eigenvalue weighted by Crippen LogP contribution is 2.61. The van der Waals surface area contributed by atoms with Crippen LogP contribution in [0.4, 0.5) is 0 Å². The Balaban J connectivity index is 1.98. The van der Waals surface area contributed by atoms with Crippen LogP contribution in [0.15, 0.2) is 60.7 Å². The van der Waals surface area contributed by atoms with Gasteiger partial charge in [-0.1, -0.05) is 36.4 Å². The summed E-state index contributed by atoms with van der Waals surface area (Å²) >= 11 is 0. The van der Waals surface area contributed by atoms with Gasteiger partial charge in [-0.3, -0.25) is 0 Å². The molecule has 2 atom stereocenters. The summed E-state index contributed by atoms with van der Waals surface area (Å²) in [6.45, 7) is 3.80. The van der Waals surface area contributed by atoms with Crippen molar-refractivity contribution in [3.8, 4) is 23.0 Å².